The Morgan fingerprint density at radius 2 is 1.74 bits per heavy atom. The zero-order valence-electron chi connectivity index (χ0n) is 18.4. The van der Waals surface area contributed by atoms with Crippen molar-refractivity contribution in [3.8, 4) is 11.5 Å². The Balaban J connectivity index is 1.18. The van der Waals surface area contributed by atoms with Crippen molar-refractivity contribution in [1.82, 2.24) is 19.9 Å². The van der Waals surface area contributed by atoms with Crippen molar-refractivity contribution in [2.45, 2.75) is 6.92 Å². The molecule has 3 heterocycles. The lowest BCUT2D eigenvalue weighted by Gasteiger charge is -2.36. The topological polar surface area (TPSA) is 86.4 Å². The standard InChI is InChI=1S/C24H22F2N6O2/c1-15-27-12-19(13-28-15)34-18-4-2-17(3-5-18)31-6-8-32(9-7-31)24(33)30-22-14-29-23-20(22)10-16(25)11-21(23)26/h2-5,10-14,29H,6-9H2,1H3,(H,30,33). The number of ether oxygens (including phenoxy) is 1. The van der Waals surface area contributed by atoms with Gasteiger partial charge >= 0.3 is 6.03 Å². The lowest BCUT2D eigenvalue weighted by atomic mass is 10.2. The normalized spacial score (nSPS) is 13.9. The predicted octanol–water partition coefficient (Wildman–Crippen LogP) is 4.69. The molecule has 1 fully saturated rings. The monoisotopic (exact) mass is 464 g/mol. The first-order valence-corrected chi connectivity index (χ1v) is 10.8. The van der Waals surface area contributed by atoms with Gasteiger partial charge in [-0.25, -0.2) is 23.5 Å². The molecule has 0 spiro atoms. The molecular weight excluding hydrogens is 442 g/mol. The number of aryl methyl sites for hydroxylation is 1. The van der Waals surface area contributed by atoms with E-state index in [4.69, 9.17) is 4.74 Å². The number of hydrogen-bond donors (Lipinski definition) is 2. The van der Waals surface area contributed by atoms with Gasteiger partial charge in [-0.05, 0) is 37.3 Å². The average molecular weight is 464 g/mol. The molecule has 0 unspecified atom stereocenters. The summed E-state index contributed by atoms with van der Waals surface area (Å²) in [6, 6.07) is 9.38. The largest absolute Gasteiger partial charge is 0.454 e. The lowest BCUT2D eigenvalue weighted by Crippen LogP contribution is -2.50. The highest BCUT2D eigenvalue weighted by molar-refractivity contribution is 6.01. The number of nitrogens with zero attached hydrogens (tertiary/aromatic N) is 4. The van der Waals surface area contributed by atoms with Crippen molar-refractivity contribution in [2.75, 3.05) is 36.4 Å². The molecule has 0 saturated carbocycles. The molecule has 10 heteroatoms. The fourth-order valence-corrected chi connectivity index (χ4v) is 3.91. The second kappa shape index (κ2) is 8.97. The van der Waals surface area contributed by atoms with Crippen LogP contribution in [0.4, 0.5) is 25.0 Å². The summed E-state index contributed by atoms with van der Waals surface area (Å²) in [4.78, 5) is 27.6. The Kier molecular flexibility index (Phi) is 5.70. The Labute approximate surface area is 194 Å². The third-order valence-corrected chi connectivity index (χ3v) is 5.71. The molecule has 8 nitrogen and oxygen atoms in total. The van der Waals surface area contributed by atoms with E-state index in [0.717, 1.165) is 11.8 Å². The van der Waals surface area contributed by atoms with Gasteiger partial charge in [0.05, 0.1) is 23.6 Å². The summed E-state index contributed by atoms with van der Waals surface area (Å²) in [6.45, 7) is 4.13. The van der Waals surface area contributed by atoms with Crippen LogP contribution in [0.1, 0.15) is 5.82 Å². The van der Waals surface area contributed by atoms with E-state index in [1.54, 1.807) is 17.3 Å². The van der Waals surface area contributed by atoms with Crippen LogP contribution in [0.2, 0.25) is 0 Å². The molecule has 0 radical (unpaired) electrons. The number of halogens is 2. The van der Waals surface area contributed by atoms with Gasteiger partial charge in [-0.2, -0.15) is 0 Å². The first kappa shape index (κ1) is 21.6. The van der Waals surface area contributed by atoms with E-state index in [1.165, 1.54) is 12.3 Å². The molecule has 1 aliphatic rings. The summed E-state index contributed by atoms with van der Waals surface area (Å²) >= 11 is 0. The van der Waals surface area contributed by atoms with Gasteiger partial charge in [0.25, 0.3) is 0 Å². The van der Waals surface area contributed by atoms with Crippen LogP contribution in [-0.2, 0) is 0 Å². The number of amides is 2. The number of fused-ring (bicyclic) bond motifs is 1. The van der Waals surface area contributed by atoms with E-state index < -0.39 is 11.6 Å². The molecule has 0 aliphatic carbocycles. The Morgan fingerprint density at radius 3 is 2.44 bits per heavy atom. The zero-order valence-corrected chi connectivity index (χ0v) is 18.4. The van der Waals surface area contributed by atoms with E-state index in [9.17, 15) is 13.6 Å². The van der Waals surface area contributed by atoms with E-state index in [2.05, 4.69) is 25.2 Å². The predicted molar refractivity (Wildman–Crippen MR) is 124 cm³/mol. The van der Waals surface area contributed by atoms with E-state index in [1.807, 2.05) is 31.2 Å². The van der Waals surface area contributed by atoms with Gasteiger partial charge in [-0.3, -0.25) is 0 Å². The first-order chi connectivity index (χ1) is 16.5. The van der Waals surface area contributed by atoms with Crippen molar-refractivity contribution in [3.05, 3.63) is 72.4 Å². The third kappa shape index (κ3) is 4.47. The molecular formula is C24H22F2N6O2. The van der Waals surface area contributed by atoms with Gasteiger partial charge in [0.15, 0.2) is 5.75 Å². The highest BCUT2D eigenvalue weighted by Gasteiger charge is 2.22. The Morgan fingerprint density at radius 1 is 1.03 bits per heavy atom. The number of benzene rings is 2. The number of urea groups is 1. The summed E-state index contributed by atoms with van der Waals surface area (Å²) in [5, 5.41) is 3.05. The van der Waals surface area contributed by atoms with E-state index in [0.29, 0.717) is 54.6 Å². The fourth-order valence-electron chi connectivity index (χ4n) is 3.91. The number of hydrogen-bond acceptors (Lipinski definition) is 5. The number of rotatable bonds is 4. The van der Waals surface area contributed by atoms with Crippen LogP contribution in [0, 0.1) is 18.6 Å². The highest BCUT2D eigenvalue weighted by atomic mass is 19.1. The molecule has 2 amide bonds. The molecule has 0 bridgehead atoms. The number of carbonyl (C=O) groups excluding carboxylic acids is 1. The number of H-pyrrole nitrogens is 1. The Bertz CT molecular complexity index is 1320. The van der Waals surface area contributed by atoms with Gasteiger partial charge < -0.3 is 24.8 Å². The van der Waals surface area contributed by atoms with Crippen LogP contribution in [0.15, 0.2) is 55.0 Å². The van der Waals surface area contributed by atoms with Crippen molar-refractivity contribution < 1.29 is 18.3 Å². The second-order valence-electron chi connectivity index (χ2n) is 7.98. The molecule has 1 saturated heterocycles. The van der Waals surface area contributed by atoms with Crippen molar-refractivity contribution in [2.24, 2.45) is 0 Å². The van der Waals surface area contributed by atoms with Gasteiger partial charge in [-0.1, -0.05) is 0 Å². The molecule has 2 aromatic heterocycles. The maximum Gasteiger partial charge on any atom is 0.322 e. The molecule has 0 atom stereocenters. The molecule has 174 valence electrons. The second-order valence-corrected chi connectivity index (χ2v) is 7.98. The quantitative estimate of drug-likeness (QED) is 0.458. The molecule has 4 aromatic rings. The number of anilines is 2. The molecule has 34 heavy (non-hydrogen) atoms. The minimum absolute atomic E-state index is 0.156. The molecule has 5 rings (SSSR count). The summed E-state index contributed by atoms with van der Waals surface area (Å²) in [6.07, 6.45) is 4.72. The maximum absolute atomic E-state index is 13.9. The van der Waals surface area contributed by atoms with Crippen LogP contribution < -0.4 is 15.0 Å². The number of nitrogens with one attached hydrogen (secondary N) is 2. The number of carbonyl (C=O) groups is 1. The number of aromatic nitrogens is 3. The Hall–Kier alpha value is -4.21. The van der Waals surface area contributed by atoms with Crippen LogP contribution in [0.3, 0.4) is 0 Å². The van der Waals surface area contributed by atoms with Gasteiger partial charge in [-0.15, -0.1) is 0 Å². The number of aromatic amines is 1. The van der Waals surface area contributed by atoms with Crippen molar-refractivity contribution in [3.63, 3.8) is 0 Å². The van der Waals surface area contributed by atoms with Crippen LogP contribution in [0.5, 0.6) is 11.5 Å². The molecule has 1 aliphatic heterocycles. The van der Waals surface area contributed by atoms with Crippen LogP contribution >= 0.6 is 0 Å². The van der Waals surface area contributed by atoms with Crippen LogP contribution in [-0.4, -0.2) is 52.1 Å². The highest BCUT2D eigenvalue weighted by Crippen LogP contribution is 2.27. The average Bonchev–Trinajstić information content (AvgIpc) is 3.24. The summed E-state index contributed by atoms with van der Waals surface area (Å²) in [5.74, 6) is 0.532. The smallest absolute Gasteiger partial charge is 0.322 e. The van der Waals surface area contributed by atoms with Gasteiger partial charge in [0, 0.05) is 49.5 Å². The third-order valence-electron chi connectivity index (χ3n) is 5.71. The maximum atomic E-state index is 13.9. The summed E-state index contributed by atoms with van der Waals surface area (Å²) in [5.41, 5.74) is 1.52. The zero-order chi connectivity index (χ0) is 23.7. The van der Waals surface area contributed by atoms with E-state index in [-0.39, 0.29) is 11.5 Å². The minimum atomic E-state index is -0.701. The van der Waals surface area contributed by atoms with E-state index >= 15 is 0 Å². The van der Waals surface area contributed by atoms with Gasteiger partial charge in [0.1, 0.15) is 23.2 Å². The lowest BCUT2D eigenvalue weighted by molar-refractivity contribution is 0.208. The van der Waals surface area contributed by atoms with Crippen LogP contribution in [0.25, 0.3) is 10.9 Å². The fraction of sp³-hybridized carbons (Fsp3) is 0.208. The first-order valence-electron chi connectivity index (χ1n) is 10.8. The SMILES string of the molecule is Cc1ncc(Oc2ccc(N3CCN(C(=O)Nc4c[nH]c5c(F)cc(F)cc45)CC3)cc2)cn1. The summed E-state index contributed by atoms with van der Waals surface area (Å²) in [7, 11) is 0. The minimum Gasteiger partial charge on any atom is -0.454 e. The van der Waals surface area contributed by atoms with Crippen molar-refractivity contribution in [1.29, 1.82) is 0 Å². The number of piperazine rings is 1. The van der Waals surface area contributed by atoms with Crippen molar-refractivity contribution >= 4 is 28.3 Å². The molecule has 2 aromatic carbocycles. The molecule has 2 N–H and O–H groups in total. The summed E-state index contributed by atoms with van der Waals surface area (Å²) < 4.78 is 33.3. The van der Waals surface area contributed by atoms with Gasteiger partial charge in [0.2, 0.25) is 0 Å².